The Morgan fingerprint density at radius 2 is 2.00 bits per heavy atom. The Morgan fingerprint density at radius 1 is 1.30 bits per heavy atom. The van der Waals surface area contributed by atoms with Crippen LogP contribution in [0.4, 0.5) is 0 Å². The van der Waals surface area contributed by atoms with Crippen LogP contribution in [0.1, 0.15) is 37.8 Å². The Morgan fingerprint density at radius 3 is 2.65 bits per heavy atom. The van der Waals surface area contributed by atoms with Gasteiger partial charge >= 0.3 is 0 Å². The van der Waals surface area contributed by atoms with Crippen molar-refractivity contribution in [2.24, 2.45) is 11.7 Å². The maximum atomic E-state index is 6.08. The molecule has 0 saturated heterocycles. The van der Waals surface area contributed by atoms with Crippen LogP contribution < -0.4 is 5.73 Å². The van der Waals surface area contributed by atoms with Crippen molar-refractivity contribution in [3.8, 4) is 0 Å². The molecule has 1 heterocycles. The monoisotopic (exact) mass is 355 g/mol. The Balaban J connectivity index is 1.94. The maximum Gasteiger partial charge on any atom is 0.276 e. The SMILES string of the molecule is CC[C@H](C)[C@H](N)c1nnc(SCc2ccc(Br)cc2)o1. The van der Waals surface area contributed by atoms with Gasteiger partial charge in [0.25, 0.3) is 5.22 Å². The van der Waals surface area contributed by atoms with E-state index in [0.29, 0.717) is 17.0 Å². The third kappa shape index (κ3) is 4.07. The lowest BCUT2D eigenvalue weighted by Gasteiger charge is -2.13. The minimum absolute atomic E-state index is 0.186. The van der Waals surface area contributed by atoms with Gasteiger partial charge in [0.1, 0.15) is 0 Å². The van der Waals surface area contributed by atoms with Crippen LogP contribution in [0.25, 0.3) is 0 Å². The first kappa shape index (κ1) is 15.5. The van der Waals surface area contributed by atoms with Crippen LogP contribution in [-0.4, -0.2) is 10.2 Å². The summed E-state index contributed by atoms with van der Waals surface area (Å²) in [7, 11) is 0. The van der Waals surface area contributed by atoms with Gasteiger partial charge in [0.15, 0.2) is 0 Å². The molecule has 6 heteroatoms. The number of nitrogens with zero attached hydrogens (tertiary/aromatic N) is 2. The Kier molecular flexibility index (Phi) is 5.63. The fourth-order valence-electron chi connectivity index (χ4n) is 1.64. The van der Waals surface area contributed by atoms with Gasteiger partial charge in [0, 0.05) is 10.2 Å². The molecule has 0 unspecified atom stereocenters. The summed E-state index contributed by atoms with van der Waals surface area (Å²) in [4.78, 5) is 0. The molecule has 0 aliphatic carbocycles. The molecule has 1 aromatic carbocycles. The standard InChI is InChI=1S/C14H18BrN3OS/c1-3-9(2)12(16)13-17-18-14(19-13)20-8-10-4-6-11(15)7-5-10/h4-7,9,12H,3,8,16H2,1-2H3/t9-,12-/m0/s1. The van der Waals surface area contributed by atoms with E-state index in [2.05, 4.69) is 52.1 Å². The van der Waals surface area contributed by atoms with Crippen molar-refractivity contribution in [1.29, 1.82) is 0 Å². The predicted molar refractivity (Wildman–Crippen MR) is 84.4 cm³/mol. The zero-order valence-electron chi connectivity index (χ0n) is 11.5. The average Bonchev–Trinajstić information content (AvgIpc) is 2.94. The molecule has 0 fully saturated rings. The van der Waals surface area contributed by atoms with E-state index in [1.165, 1.54) is 17.3 Å². The van der Waals surface area contributed by atoms with Crippen LogP contribution >= 0.6 is 27.7 Å². The molecule has 0 aliphatic rings. The molecule has 1 aromatic heterocycles. The van der Waals surface area contributed by atoms with Crippen LogP contribution in [0.2, 0.25) is 0 Å². The van der Waals surface area contributed by atoms with Crippen molar-refractivity contribution in [2.75, 3.05) is 0 Å². The van der Waals surface area contributed by atoms with Gasteiger partial charge in [-0.1, -0.05) is 60.1 Å². The van der Waals surface area contributed by atoms with Crippen LogP contribution in [0.5, 0.6) is 0 Å². The first-order valence-electron chi connectivity index (χ1n) is 6.56. The lowest BCUT2D eigenvalue weighted by Crippen LogP contribution is -2.18. The number of hydrogen-bond donors (Lipinski definition) is 1. The summed E-state index contributed by atoms with van der Waals surface area (Å²) in [5, 5.41) is 8.66. The van der Waals surface area contributed by atoms with Crippen LogP contribution in [0.15, 0.2) is 38.4 Å². The summed E-state index contributed by atoms with van der Waals surface area (Å²) in [6.07, 6.45) is 0.991. The Hall–Kier alpha value is -0.850. The van der Waals surface area contributed by atoms with Gasteiger partial charge in [-0.15, -0.1) is 10.2 Å². The normalized spacial score (nSPS) is 14.2. The highest BCUT2D eigenvalue weighted by molar-refractivity contribution is 9.10. The van der Waals surface area contributed by atoms with Crippen LogP contribution in [-0.2, 0) is 5.75 Å². The van der Waals surface area contributed by atoms with Gasteiger partial charge < -0.3 is 10.2 Å². The number of hydrogen-bond acceptors (Lipinski definition) is 5. The van der Waals surface area contributed by atoms with E-state index in [0.717, 1.165) is 16.6 Å². The summed E-state index contributed by atoms with van der Waals surface area (Å²) in [6, 6.07) is 8.00. The fourth-order valence-corrected chi connectivity index (χ4v) is 2.63. The van der Waals surface area contributed by atoms with Crippen LogP contribution in [0, 0.1) is 5.92 Å². The lowest BCUT2D eigenvalue weighted by atomic mass is 10.0. The highest BCUT2D eigenvalue weighted by atomic mass is 79.9. The molecule has 2 rings (SSSR count). The number of rotatable bonds is 6. The van der Waals surface area contributed by atoms with E-state index in [1.54, 1.807) is 0 Å². The third-order valence-electron chi connectivity index (χ3n) is 3.24. The van der Waals surface area contributed by atoms with E-state index in [9.17, 15) is 0 Å². The van der Waals surface area contributed by atoms with Gasteiger partial charge in [-0.2, -0.15) is 0 Å². The molecule has 108 valence electrons. The molecule has 20 heavy (non-hydrogen) atoms. The molecule has 0 saturated carbocycles. The minimum Gasteiger partial charge on any atom is -0.414 e. The molecular formula is C14H18BrN3OS. The second-order valence-electron chi connectivity index (χ2n) is 4.73. The first-order chi connectivity index (χ1) is 9.60. The Labute approximate surface area is 131 Å². The summed E-state index contributed by atoms with van der Waals surface area (Å²) in [5.41, 5.74) is 7.29. The molecule has 0 bridgehead atoms. The molecule has 0 amide bonds. The molecule has 2 aromatic rings. The topological polar surface area (TPSA) is 64.9 Å². The Bertz CT molecular complexity index is 544. The zero-order valence-corrected chi connectivity index (χ0v) is 13.9. The van der Waals surface area contributed by atoms with Crippen molar-refractivity contribution < 1.29 is 4.42 Å². The maximum absolute atomic E-state index is 6.08. The largest absolute Gasteiger partial charge is 0.414 e. The number of halogens is 1. The van der Waals surface area contributed by atoms with E-state index in [1.807, 2.05) is 12.1 Å². The van der Waals surface area contributed by atoms with E-state index < -0.39 is 0 Å². The van der Waals surface area contributed by atoms with Crippen molar-refractivity contribution in [3.63, 3.8) is 0 Å². The first-order valence-corrected chi connectivity index (χ1v) is 8.34. The summed E-state index contributed by atoms with van der Waals surface area (Å²) in [5.74, 6) is 1.66. The molecule has 0 aliphatic heterocycles. The minimum atomic E-state index is -0.186. The quantitative estimate of drug-likeness (QED) is 0.787. The second-order valence-corrected chi connectivity index (χ2v) is 6.57. The summed E-state index contributed by atoms with van der Waals surface area (Å²) < 4.78 is 6.70. The van der Waals surface area contributed by atoms with Crippen molar-refractivity contribution in [2.45, 2.75) is 37.3 Å². The van der Waals surface area contributed by atoms with E-state index in [4.69, 9.17) is 10.2 Å². The third-order valence-corrected chi connectivity index (χ3v) is 4.66. The molecule has 2 N–H and O–H groups in total. The van der Waals surface area contributed by atoms with Crippen LogP contribution in [0.3, 0.4) is 0 Å². The van der Waals surface area contributed by atoms with Gasteiger partial charge in [0.05, 0.1) is 6.04 Å². The smallest absolute Gasteiger partial charge is 0.276 e. The summed E-state index contributed by atoms with van der Waals surface area (Å²) in [6.45, 7) is 4.19. The zero-order chi connectivity index (χ0) is 14.5. The van der Waals surface area contributed by atoms with Crippen molar-refractivity contribution >= 4 is 27.7 Å². The van der Waals surface area contributed by atoms with Gasteiger partial charge in [-0.25, -0.2) is 0 Å². The number of aromatic nitrogens is 2. The fraction of sp³-hybridized carbons (Fsp3) is 0.429. The average molecular weight is 356 g/mol. The van der Waals surface area contributed by atoms with Crippen molar-refractivity contribution in [1.82, 2.24) is 10.2 Å². The van der Waals surface area contributed by atoms with Gasteiger partial charge in [0.2, 0.25) is 5.89 Å². The van der Waals surface area contributed by atoms with Gasteiger partial charge in [-0.3, -0.25) is 0 Å². The summed E-state index contributed by atoms with van der Waals surface area (Å²) >= 11 is 4.95. The molecular weight excluding hydrogens is 338 g/mol. The molecule has 0 radical (unpaired) electrons. The van der Waals surface area contributed by atoms with E-state index in [-0.39, 0.29) is 6.04 Å². The predicted octanol–water partition coefficient (Wildman–Crippen LogP) is 4.17. The number of nitrogens with two attached hydrogens (primary N) is 1. The highest BCUT2D eigenvalue weighted by Gasteiger charge is 2.19. The second kappa shape index (κ2) is 7.24. The molecule has 0 spiro atoms. The number of thioether (sulfide) groups is 1. The highest BCUT2D eigenvalue weighted by Crippen LogP contribution is 2.26. The molecule has 2 atom stereocenters. The number of benzene rings is 1. The van der Waals surface area contributed by atoms with Gasteiger partial charge in [-0.05, 0) is 23.6 Å². The van der Waals surface area contributed by atoms with E-state index >= 15 is 0 Å². The van der Waals surface area contributed by atoms with Crippen molar-refractivity contribution in [3.05, 3.63) is 40.2 Å². The lowest BCUT2D eigenvalue weighted by molar-refractivity contribution is 0.333. The molecule has 4 nitrogen and oxygen atoms in total.